The van der Waals surface area contributed by atoms with Crippen LogP contribution in [0.3, 0.4) is 0 Å². The molecular weight excluding hydrogens is 404 g/mol. The van der Waals surface area contributed by atoms with Crippen LogP contribution in [-0.2, 0) is 18.7 Å². The molecule has 0 unspecified atom stereocenters. The minimum atomic E-state index is -1.95. The van der Waals surface area contributed by atoms with E-state index in [0.717, 1.165) is 19.4 Å². The molecule has 0 aliphatic heterocycles. The largest absolute Gasteiger partial charge is 0.439 e. The summed E-state index contributed by atoms with van der Waals surface area (Å²) in [4.78, 5) is 12.1. The Morgan fingerprint density at radius 3 is 1.42 bits per heavy atom. The van der Waals surface area contributed by atoms with E-state index in [-0.39, 0.29) is 12.8 Å². The second kappa shape index (κ2) is 19.1. The summed E-state index contributed by atoms with van der Waals surface area (Å²) >= 11 is 0. The van der Waals surface area contributed by atoms with Gasteiger partial charge >= 0.3 is 5.97 Å². The van der Waals surface area contributed by atoms with Crippen molar-refractivity contribution in [3.05, 3.63) is 0 Å². The van der Waals surface area contributed by atoms with Crippen molar-refractivity contribution < 1.29 is 18.7 Å². The maximum Gasteiger partial charge on any atom is 0.307 e. The first kappa shape index (κ1) is 30.6. The molecule has 0 atom stereocenters. The van der Waals surface area contributed by atoms with Crippen LogP contribution < -0.4 is 0 Å². The van der Waals surface area contributed by atoms with Crippen LogP contribution >= 0.6 is 0 Å². The lowest BCUT2D eigenvalue weighted by molar-refractivity contribution is -0.151. The average Bonchev–Trinajstić information content (AvgIpc) is 2.70. The van der Waals surface area contributed by atoms with E-state index in [1.54, 1.807) is 7.11 Å². The Hall–Kier alpha value is -0.393. The van der Waals surface area contributed by atoms with Gasteiger partial charge in [0.15, 0.2) is 6.79 Å². The lowest BCUT2D eigenvalue weighted by atomic mass is 10.0. The quantitative estimate of drug-likeness (QED) is 0.0749. The zero-order valence-corrected chi connectivity index (χ0v) is 23.0. The Balaban J connectivity index is 3.66. The standard InChI is InChI=1S/C26H54O4Si/c1-23(2)31(24(3)4,25(5)6)30-22-29-26(27)20-18-16-14-12-10-8-9-11-13-15-17-19-21-28-7/h23-25H,8-22H2,1-7H3. The fourth-order valence-corrected chi connectivity index (χ4v) is 10.3. The minimum Gasteiger partial charge on any atom is -0.439 e. The fourth-order valence-electron chi connectivity index (χ4n) is 5.05. The molecule has 5 heteroatoms. The van der Waals surface area contributed by atoms with E-state index in [1.165, 1.54) is 64.2 Å². The molecule has 0 saturated heterocycles. The van der Waals surface area contributed by atoms with Crippen molar-refractivity contribution in [3.8, 4) is 0 Å². The second-order valence-corrected chi connectivity index (χ2v) is 15.5. The number of hydrogen-bond acceptors (Lipinski definition) is 4. The second-order valence-electron chi connectivity index (χ2n) is 10.1. The number of esters is 1. The molecule has 0 fully saturated rings. The molecule has 0 radical (unpaired) electrons. The highest BCUT2D eigenvalue weighted by atomic mass is 28.4. The molecule has 0 rings (SSSR count). The van der Waals surface area contributed by atoms with Crippen molar-refractivity contribution in [3.63, 3.8) is 0 Å². The Bertz CT molecular complexity index is 402. The average molecular weight is 459 g/mol. The monoisotopic (exact) mass is 458 g/mol. The zero-order valence-electron chi connectivity index (χ0n) is 22.0. The highest BCUT2D eigenvalue weighted by Crippen LogP contribution is 2.42. The highest BCUT2D eigenvalue weighted by molar-refractivity contribution is 6.77. The highest BCUT2D eigenvalue weighted by Gasteiger charge is 2.45. The third kappa shape index (κ3) is 13.7. The predicted molar refractivity (Wildman–Crippen MR) is 135 cm³/mol. The van der Waals surface area contributed by atoms with E-state index in [0.29, 0.717) is 23.0 Å². The number of carbonyl (C=O) groups is 1. The molecular formula is C26H54O4Si. The van der Waals surface area contributed by atoms with E-state index in [1.807, 2.05) is 0 Å². The van der Waals surface area contributed by atoms with Gasteiger partial charge in [-0.1, -0.05) is 106 Å². The van der Waals surface area contributed by atoms with Gasteiger partial charge in [-0.25, -0.2) is 0 Å². The molecule has 0 N–H and O–H groups in total. The maximum absolute atomic E-state index is 12.1. The van der Waals surface area contributed by atoms with Crippen LogP contribution in [-0.4, -0.2) is 34.8 Å². The fraction of sp³-hybridized carbons (Fsp3) is 0.962. The van der Waals surface area contributed by atoms with Crippen molar-refractivity contribution >= 4 is 14.3 Å². The number of hydrogen-bond donors (Lipinski definition) is 0. The third-order valence-corrected chi connectivity index (χ3v) is 12.7. The molecule has 0 saturated carbocycles. The van der Waals surface area contributed by atoms with Crippen LogP contribution in [0.25, 0.3) is 0 Å². The van der Waals surface area contributed by atoms with Crippen molar-refractivity contribution in [2.75, 3.05) is 20.5 Å². The van der Waals surface area contributed by atoms with Crippen molar-refractivity contribution in [2.45, 2.75) is 142 Å². The van der Waals surface area contributed by atoms with Crippen LogP contribution in [0, 0.1) is 0 Å². The van der Waals surface area contributed by atoms with E-state index < -0.39 is 8.32 Å². The first-order valence-electron chi connectivity index (χ1n) is 13.1. The third-order valence-electron chi connectivity index (χ3n) is 6.72. The van der Waals surface area contributed by atoms with Gasteiger partial charge in [0.25, 0.3) is 0 Å². The minimum absolute atomic E-state index is 0.107. The molecule has 0 spiro atoms. The van der Waals surface area contributed by atoms with Gasteiger partial charge in [0.05, 0.1) is 0 Å². The Labute approximate surface area is 195 Å². The lowest BCUT2D eigenvalue weighted by Crippen LogP contribution is -2.48. The van der Waals surface area contributed by atoms with Gasteiger partial charge in [-0.3, -0.25) is 4.79 Å². The molecule has 0 bridgehead atoms. The normalized spacial score (nSPS) is 12.3. The van der Waals surface area contributed by atoms with Gasteiger partial charge in [-0.15, -0.1) is 0 Å². The smallest absolute Gasteiger partial charge is 0.307 e. The van der Waals surface area contributed by atoms with Gasteiger partial charge in [0, 0.05) is 20.1 Å². The summed E-state index contributed by atoms with van der Waals surface area (Å²) in [5, 5.41) is 0. The molecule has 0 heterocycles. The van der Waals surface area contributed by atoms with E-state index in [4.69, 9.17) is 13.9 Å². The molecule has 0 aromatic rings. The molecule has 0 aliphatic rings. The maximum atomic E-state index is 12.1. The molecule has 31 heavy (non-hydrogen) atoms. The van der Waals surface area contributed by atoms with E-state index >= 15 is 0 Å². The summed E-state index contributed by atoms with van der Waals surface area (Å²) in [6.07, 6.45) is 15.7. The Kier molecular flexibility index (Phi) is 18.9. The Morgan fingerprint density at radius 2 is 1.03 bits per heavy atom. The summed E-state index contributed by atoms with van der Waals surface area (Å²) < 4.78 is 16.8. The van der Waals surface area contributed by atoms with E-state index in [2.05, 4.69) is 41.5 Å². The molecule has 0 amide bonds. The van der Waals surface area contributed by atoms with E-state index in [9.17, 15) is 4.79 Å². The lowest BCUT2D eigenvalue weighted by Gasteiger charge is -2.41. The van der Waals surface area contributed by atoms with Gasteiger partial charge < -0.3 is 13.9 Å². The summed E-state index contributed by atoms with van der Waals surface area (Å²) in [6.45, 7) is 14.5. The topological polar surface area (TPSA) is 44.8 Å². The van der Waals surface area contributed by atoms with Crippen LogP contribution in [0.1, 0.15) is 125 Å². The predicted octanol–water partition coefficient (Wildman–Crippen LogP) is 8.40. The summed E-state index contributed by atoms with van der Waals surface area (Å²) in [6, 6.07) is 0. The number of unbranched alkanes of at least 4 members (excludes halogenated alkanes) is 11. The van der Waals surface area contributed by atoms with Crippen LogP contribution in [0.5, 0.6) is 0 Å². The Morgan fingerprint density at radius 1 is 0.645 bits per heavy atom. The van der Waals surface area contributed by atoms with Gasteiger partial charge in [-0.2, -0.15) is 0 Å². The zero-order chi connectivity index (χ0) is 23.5. The first-order valence-corrected chi connectivity index (χ1v) is 15.2. The molecule has 0 aromatic carbocycles. The molecule has 186 valence electrons. The first-order chi connectivity index (χ1) is 14.8. The summed E-state index contributed by atoms with van der Waals surface area (Å²) in [7, 11) is -0.172. The van der Waals surface area contributed by atoms with Gasteiger partial charge in [0.2, 0.25) is 8.32 Å². The number of rotatable bonds is 21. The van der Waals surface area contributed by atoms with Crippen molar-refractivity contribution in [1.82, 2.24) is 0 Å². The van der Waals surface area contributed by atoms with Crippen molar-refractivity contribution in [2.24, 2.45) is 0 Å². The van der Waals surface area contributed by atoms with Crippen molar-refractivity contribution in [1.29, 1.82) is 0 Å². The van der Waals surface area contributed by atoms with Crippen LogP contribution in [0.4, 0.5) is 0 Å². The summed E-state index contributed by atoms with van der Waals surface area (Å²) in [5.74, 6) is -0.107. The van der Waals surface area contributed by atoms with Gasteiger partial charge in [0.1, 0.15) is 0 Å². The van der Waals surface area contributed by atoms with Crippen LogP contribution in [0.2, 0.25) is 16.6 Å². The number of carbonyl (C=O) groups excluding carboxylic acids is 1. The van der Waals surface area contributed by atoms with Crippen LogP contribution in [0.15, 0.2) is 0 Å². The summed E-state index contributed by atoms with van der Waals surface area (Å²) in [5.41, 5.74) is 1.52. The van der Waals surface area contributed by atoms with Gasteiger partial charge in [-0.05, 0) is 29.5 Å². The number of methoxy groups -OCH3 is 1. The molecule has 0 aliphatic carbocycles. The molecule has 0 aromatic heterocycles. The molecule has 4 nitrogen and oxygen atoms in total. The number of ether oxygens (including phenoxy) is 2. The SMILES string of the molecule is COCCCCCCCCCCCCCCC(=O)OCO[Si](C(C)C)(C(C)C)C(C)C.